The molecule has 9 heteroatoms. The van der Waals surface area contributed by atoms with Crippen molar-refractivity contribution in [1.82, 2.24) is 14.8 Å². The van der Waals surface area contributed by atoms with Crippen LogP contribution in [-0.4, -0.2) is 27.5 Å². The van der Waals surface area contributed by atoms with E-state index in [1.54, 1.807) is 18.5 Å². The molecule has 0 radical (unpaired) electrons. The molecule has 1 aromatic heterocycles. The summed E-state index contributed by atoms with van der Waals surface area (Å²) in [4.78, 5) is 0. The molecule has 1 rings (SSSR count). The zero-order chi connectivity index (χ0) is 11.6. The fourth-order valence-electron chi connectivity index (χ4n) is 0.765. The number of thioether (sulfide) groups is 1. The van der Waals surface area contributed by atoms with Gasteiger partial charge in [0.2, 0.25) is 0 Å². The Kier molecular flexibility index (Phi) is 6.90. The normalized spacial score (nSPS) is 11.1. The van der Waals surface area contributed by atoms with Crippen LogP contribution in [0.3, 0.4) is 0 Å². The van der Waals surface area contributed by atoms with Crippen LogP contribution in [0.4, 0.5) is 12.9 Å². The summed E-state index contributed by atoms with van der Waals surface area (Å²) in [6, 6.07) is 0. The Labute approximate surface area is 139 Å². The van der Waals surface area contributed by atoms with E-state index in [-0.39, 0.29) is 57.1 Å². The van der Waals surface area contributed by atoms with E-state index in [1.807, 2.05) is 0 Å². The summed E-state index contributed by atoms with van der Waals surface area (Å²) in [5.74, 6) is 0.468. The molecule has 0 spiro atoms. The third kappa shape index (κ3) is 4.54. The molecule has 1 aromatic rings. The van der Waals surface area contributed by atoms with E-state index in [4.69, 9.17) is 0 Å². The summed E-state index contributed by atoms with van der Waals surface area (Å²) in [7, 11) is 1.71. The Bertz CT molecular complexity index is 379. The van der Waals surface area contributed by atoms with Crippen molar-refractivity contribution < 1.29 is 64.3 Å². The summed E-state index contributed by atoms with van der Waals surface area (Å²) in [5.41, 5.74) is -0.708. The SMILES string of the molecule is C=C(CSc1nnc(C)n1C)[B-](F)(F)F.[K+]. The first-order valence-corrected chi connectivity index (χ1v) is 5.17. The van der Waals surface area contributed by atoms with Crippen LogP contribution < -0.4 is 51.4 Å². The maximum Gasteiger partial charge on any atom is 1.00 e. The fourth-order valence-corrected chi connectivity index (χ4v) is 1.69. The van der Waals surface area contributed by atoms with Crippen molar-refractivity contribution in [3.8, 4) is 0 Å². The van der Waals surface area contributed by atoms with Crippen LogP contribution in [0, 0.1) is 6.92 Å². The quantitative estimate of drug-likeness (QED) is 0.530. The minimum atomic E-state index is -4.95. The molecule has 84 valence electrons. The number of nitrogens with zero attached hydrogens (tertiary/aromatic N) is 3. The van der Waals surface area contributed by atoms with E-state index in [0.29, 0.717) is 11.0 Å². The van der Waals surface area contributed by atoms with Gasteiger partial charge in [-0.3, -0.25) is 0 Å². The molecule has 0 aliphatic carbocycles. The molecule has 0 aliphatic heterocycles. The van der Waals surface area contributed by atoms with Gasteiger partial charge in [-0.15, -0.1) is 22.2 Å². The van der Waals surface area contributed by atoms with Crippen molar-refractivity contribution in [2.45, 2.75) is 12.1 Å². The topological polar surface area (TPSA) is 30.7 Å². The van der Waals surface area contributed by atoms with E-state index < -0.39 is 12.4 Å². The second kappa shape index (κ2) is 6.60. The van der Waals surface area contributed by atoms with Gasteiger partial charge < -0.3 is 17.5 Å². The number of aromatic nitrogens is 3. The Morgan fingerprint density at radius 2 is 2.00 bits per heavy atom. The van der Waals surface area contributed by atoms with Crippen LogP contribution in [0.5, 0.6) is 0 Å². The molecule has 0 fully saturated rings. The average molecular weight is 275 g/mol. The molecule has 0 aliphatic rings. The third-order valence-corrected chi connectivity index (χ3v) is 3.03. The Morgan fingerprint density at radius 1 is 1.44 bits per heavy atom. The Morgan fingerprint density at radius 3 is 2.38 bits per heavy atom. The predicted octanol–water partition coefficient (Wildman–Crippen LogP) is -0.838. The molecule has 0 amide bonds. The van der Waals surface area contributed by atoms with Crippen molar-refractivity contribution >= 4 is 18.7 Å². The summed E-state index contributed by atoms with van der Waals surface area (Å²) >= 11 is 0.988. The monoisotopic (exact) mass is 275 g/mol. The minimum absolute atomic E-state index is 0. The smallest absolute Gasteiger partial charge is 0.445 e. The third-order valence-electron chi connectivity index (χ3n) is 1.90. The molecule has 0 unspecified atom stereocenters. The van der Waals surface area contributed by atoms with E-state index in [0.717, 1.165) is 11.8 Å². The van der Waals surface area contributed by atoms with Crippen molar-refractivity contribution in [2.75, 3.05) is 5.75 Å². The van der Waals surface area contributed by atoms with Gasteiger partial charge in [0.25, 0.3) is 0 Å². The minimum Gasteiger partial charge on any atom is -0.445 e. The Hall–Kier alpha value is 0.721. The zero-order valence-corrected chi connectivity index (χ0v) is 13.3. The van der Waals surface area contributed by atoms with Gasteiger partial charge in [-0.2, -0.15) is 0 Å². The standard InChI is InChI=1S/C7H10BF3N3S.K/c1-5(8(9,10)11)4-15-7-13-12-6(2)14(7)3;/h1,4H2,2-3H3;/q-1;+1. The molecule has 0 aromatic carbocycles. The summed E-state index contributed by atoms with van der Waals surface area (Å²) in [5, 5.41) is 7.95. The van der Waals surface area contributed by atoms with Gasteiger partial charge >= 0.3 is 58.4 Å². The first-order valence-electron chi connectivity index (χ1n) is 4.18. The van der Waals surface area contributed by atoms with Crippen LogP contribution in [0.25, 0.3) is 0 Å². The largest absolute Gasteiger partial charge is 1.00 e. The van der Waals surface area contributed by atoms with Crippen LogP contribution in [0.2, 0.25) is 0 Å². The fraction of sp³-hybridized carbons (Fsp3) is 0.429. The van der Waals surface area contributed by atoms with Crippen molar-refractivity contribution in [3.05, 3.63) is 17.9 Å². The summed E-state index contributed by atoms with van der Waals surface area (Å²) < 4.78 is 38.1. The Balaban J connectivity index is 0.00000225. The molecule has 0 bridgehead atoms. The number of aryl methyl sites for hydroxylation is 1. The molecule has 0 N–H and O–H groups in total. The molecular weight excluding hydrogens is 265 g/mol. The van der Waals surface area contributed by atoms with Gasteiger partial charge in [0.15, 0.2) is 5.16 Å². The van der Waals surface area contributed by atoms with E-state index >= 15 is 0 Å². The molecule has 3 nitrogen and oxygen atoms in total. The van der Waals surface area contributed by atoms with Crippen molar-refractivity contribution in [1.29, 1.82) is 0 Å². The van der Waals surface area contributed by atoms with E-state index in [2.05, 4.69) is 16.8 Å². The second-order valence-electron chi connectivity index (χ2n) is 3.11. The van der Waals surface area contributed by atoms with Gasteiger partial charge in [0.05, 0.1) is 0 Å². The average Bonchev–Trinajstić information content (AvgIpc) is 2.43. The van der Waals surface area contributed by atoms with E-state index in [1.165, 1.54) is 0 Å². The number of halogens is 3. The molecule has 16 heavy (non-hydrogen) atoms. The first-order chi connectivity index (χ1) is 6.82. The van der Waals surface area contributed by atoms with Crippen LogP contribution in [0.1, 0.15) is 5.82 Å². The van der Waals surface area contributed by atoms with Gasteiger partial charge in [-0.05, 0) is 12.7 Å². The maximum absolute atomic E-state index is 12.2. The number of hydrogen-bond acceptors (Lipinski definition) is 3. The summed E-state index contributed by atoms with van der Waals surface area (Å²) in [6.07, 6.45) is 0. The van der Waals surface area contributed by atoms with Crippen LogP contribution in [0.15, 0.2) is 17.2 Å². The molecule has 0 saturated heterocycles. The van der Waals surface area contributed by atoms with E-state index in [9.17, 15) is 12.9 Å². The van der Waals surface area contributed by atoms with Gasteiger partial charge in [-0.1, -0.05) is 11.8 Å². The maximum atomic E-state index is 12.2. The predicted molar refractivity (Wildman–Crippen MR) is 54.7 cm³/mol. The zero-order valence-electron chi connectivity index (χ0n) is 9.38. The van der Waals surface area contributed by atoms with Crippen molar-refractivity contribution in [3.63, 3.8) is 0 Å². The van der Waals surface area contributed by atoms with Crippen LogP contribution >= 0.6 is 11.8 Å². The van der Waals surface area contributed by atoms with Gasteiger partial charge in [-0.25, -0.2) is 0 Å². The number of rotatable bonds is 4. The second-order valence-corrected chi connectivity index (χ2v) is 4.05. The molecule has 1 heterocycles. The van der Waals surface area contributed by atoms with Gasteiger partial charge in [0.1, 0.15) is 5.82 Å². The van der Waals surface area contributed by atoms with Crippen LogP contribution in [-0.2, 0) is 7.05 Å². The van der Waals surface area contributed by atoms with Crippen molar-refractivity contribution in [2.24, 2.45) is 7.05 Å². The molecule has 0 saturated carbocycles. The number of hydrogen-bond donors (Lipinski definition) is 0. The molecular formula is C7H10BF3KN3S. The first kappa shape index (κ1) is 16.7. The summed E-state index contributed by atoms with van der Waals surface area (Å²) in [6.45, 7) is -0.209. The molecule has 0 atom stereocenters. The van der Waals surface area contributed by atoms with Gasteiger partial charge in [0, 0.05) is 7.05 Å².